The van der Waals surface area contributed by atoms with Crippen molar-refractivity contribution in [2.24, 2.45) is 5.41 Å². The van der Waals surface area contributed by atoms with E-state index in [0.29, 0.717) is 0 Å². The van der Waals surface area contributed by atoms with Crippen molar-refractivity contribution in [2.75, 3.05) is 12.4 Å². The zero-order valence-electron chi connectivity index (χ0n) is 16.8. The van der Waals surface area contributed by atoms with Crippen LogP contribution in [0.5, 0.6) is 0 Å². The molecule has 0 saturated heterocycles. The number of Topliss-reactive ketones (excluding diaryl/α,β-unsaturated/α-hetero) is 1. The third kappa shape index (κ3) is 5.03. The molecule has 0 aliphatic heterocycles. The number of hydrogen-bond donors (Lipinski definition) is 1. The Morgan fingerprint density at radius 3 is 2.23 bits per heavy atom. The van der Waals surface area contributed by atoms with Crippen LogP contribution in [0.15, 0.2) is 42.6 Å². The number of esters is 1. The minimum absolute atomic E-state index is 0.0131. The van der Waals surface area contributed by atoms with Crippen molar-refractivity contribution >= 4 is 23.3 Å². The zero-order chi connectivity index (χ0) is 22.7. The number of amides is 1. The first-order valence-corrected chi connectivity index (χ1v) is 8.92. The predicted molar refractivity (Wildman–Crippen MR) is 103 cm³/mol. The number of nitrogens with zero attached hydrogens (tertiary/aromatic N) is 1. The summed E-state index contributed by atoms with van der Waals surface area (Å²) in [6.45, 7) is 4.95. The van der Waals surface area contributed by atoms with Gasteiger partial charge in [-0.2, -0.15) is 13.2 Å². The minimum Gasteiger partial charge on any atom is -0.468 e. The van der Waals surface area contributed by atoms with Crippen LogP contribution in [0.3, 0.4) is 0 Å². The van der Waals surface area contributed by atoms with Gasteiger partial charge in [-0.1, -0.05) is 39.0 Å². The summed E-state index contributed by atoms with van der Waals surface area (Å²) in [5.41, 5.74) is -2.85. The molecule has 2 aromatic rings. The van der Waals surface area contributed by atoms with E-state index in [4.69, 9.17) is 0 Å². The Labute approximate surface area is 171 Å². The van der Waals surface area contributed by atoms with Gasteiger partial charge < -0.3 is 10.1 Å². The third-order valence-corrected chi connectivity index (χ3v) is 4.25. The topological polar surface area (TPSA) is 85.4 Å². The fourth-order valence-electron chi connectivity index (χ4n) is 2.65. The van der Waals surface area contributed by atoms with Crippen LogP contribution in [-0.4, -0.2) is 29.8 Å². The van der Waals surface area contributed by atoms with Crippen molar-refractivity contribution in [3.8, 4) is 0 Å². The maximum absolute atomic E-state index is 13.5. The number of ether oxygens (including phenoxy) is 1. The van der Waals surface area contributed by atoms with Crippen LogP contribution < -0.4 is 5.32 Å². The molecule has 0 spiro atoms. The number of nitrogens with one attached hydrogen (secondary N) is 1. The number of methoxy groups -OCH3 is 1. The van der Waals surface area contributed by atoms with Crippen molar-refractivity contribution in [2.45, 2.75) is 32.9 Å². The molecule has 1 N–H and O–H groups in total. The van der Waals surface area contributed by atoms with Crippen LogP contribution in [-0.2, 0) is 20.5 Å². The number of carbonyl (C=O) groups excluding carboxylic acids is 3. The van der Waals surface area contributed by atoms with Gasteiger partial charge in [-0.05, 0) is 23.8 Å². The molecule has 0 radical (unpaired) electrons. The second kappa shape index (κ2) is 8.64. The zero-order valence-corrected chi connectivity index (χ0v) is 16.8. The van der Waals surface area contributed by atoms with E-state index in [1.54, 1.807) is 20.8 Å². The second-order valence-corrected chi connectivity index (χ2v) is 7.51. The molecule has 1 aromatic heterocycles. The summed E-state index contributed by atoms with van der Waals surface area (Å²) >= 11 is 0. The number of alkyl halides is 3. The number of halogens is 3. The lowest BCUT2D eigenvalue weighted by Crippen LogP contribution is -2.30. The summed E-state index contributed by atoms with van der Waals surface area (Å²) in [6.07, 6.45) is -3.56. The van der Waals surface area contributed by atoms with Gasteiger partial charge in [0.1, 0.15) is 11.6 Å². The Kier molecular flexibility index (Phi) is 6.64. The number of ketones is 1. The highest BCUT2D eigenvalue weighted by Crippen LogP contribution is 2.37. The van der Waals surface area contributed by atoms with Crippen LogP contribution >= 0.6 is 0 Å². The predicted octanol–water partition coefficient (Wildman–Crippen LogP) is 4.22. The molecule has 0 aliphatic carbocycles. The Hall–Kier alpha value is -3.23. The molecule has 0 saturated carbocycles. The molecule has 160 valence electrons. The largest absolute Gasteiger partial charge is 0.468 e. The molecule has 9 heteroatoms. The molecule has 1 aromatic carbocycles. The van der Waals surface area contributed by atoms with Gasteiger partial charge >= 0.3 is 12.1 Å². The Bertz CT molecular complexity index is 965. The number of carbonyl (C=O) groups is 3. The molecule has 6 nitrogen and oxygen atoms in total. The van der Waals surface area contributed by atoms with E-state index in [9.17, 15) is 27.6 Å². The average Bonchev–Trinajstić information content (AvgIpc) is 2.67. The van der Waals surface area contributed by atoms with E-state index < -0.39 is 46.3 Å². The van der Waals surface area contributed by atoms with E-state index in [2.05, 4.69) is 15.0 Å². The Balaban J connectivity index is 2.59. The van der Waals surface area contributed by atoms with Gasteiger partial charge in [0.25, 0.3) is 0 Å². The lowest BCUT2D eigenvalue weighted by atomic mass is 9.88. The Morgan fingerprint density at radius 2 is 1.67 bits per heavy atom. The van der Waals surface area contributed by atoms with E-state index in [-0.39, 0.29) is 11.4 Å². The maximum atomic E-state index is 13.5. The van der Waals surface area contributed by atoms with Crippen LogP contribution in [0.1, 0.15) is 48.3 Å². The van der Waals surface area contributed by atoms with E-state index in [1.165, 1.54) is 24.4 Å². The van der Waals surface area contributed by atoms with Crippen LogP contribution in [0.25, 0.3) is 0 Å². The molecule has 1 unspecified atom stereocenters. The average molecular weight is 422 g/mol. The van der Waals surface area contributed by atoms with Gasteiger partial charge in [0.15, 0.2) is 0 Å². The Morgan fingerprint density at radius 1 is 1.03 bits per heavy atom. The standard InChI is InChI=1S/C21H21F3N2O4/c1-20(2,3)19(29)26-14-10-7-11-25-16(14)17(27)15(18(28)30-4)12-8-5-6-9-13(12)21(22,23)24/h5-11,15H,1-4H3,(H,26,29). The number of benzene rings is 1. The van der Waals surface area contributed by atoms with Gasteiger partial charge in [-0.15, -0.1) is 0 Å². The highest BCUT2D eigenvalue weighted by Gasteiger charge is 2.41. The molecule has 0 bridgehead atoms. The quantitative estimate of drug-likeness (QED) is 0.443. The molecular weight excluding hydrogens is 401 g/mol. The second-order valence-electron chi connectivity index (χ2n) is 7.51. The van der Waals surface area contributed by atoms with Gasteiger partial charge in [0.2, 0.25) is 11.7 Å². The normalized spacial score (nSPS) is 12.8. The summed E-state index contributed by atoms with van der Waals surface area (Å²) in [5, 5.41) is 2.54. The smallest absolute Gasteiger partial charge is 0.416 e. The lowest BCUT2D eigenvalue weighted by molar-refractivity contribution is -0.142. The van der Waals surface area contributed by atoms with Crippen molar-refractivity contribution in [3.63, 3.8) is 0 Å². The minimum atomic E-state index is -4.80. The highest BCUT2D eigenvalue weighted by molar-refractivity contribution is 6.15. The van der Waals surface area contributed by atoms with Gasteiger partial charge in [-0.3, -0.25) is 19.4 Å². The molecule has 0 fully saturated rings. The van der Waals surface area contributed by atoms with Gasteiger partial charge in [0.05, 0.1) is 18.4 Å². The third-order valence-electron chi connectivity index (χ3n) is 4.25. The van der Waals surface area contributed by atoms with Crippen molar-refractivity contribution in [3.05, 3.63) is 59.4 Å². The van der Waals surface area contributed by atoms with Crippen LogP contribution in [0.2, 0.25) is 0 Å². The summed E-state index contributed by atoms with van der Waals surface area (Å²) in [6, 6.07) is 7.09. The fourth-order valence-corrected chi connectivity index (χ4v) is 2.65. The molecule has 30 heavy (non-hydrogen) atoms. The summed E-state index contributed by atoms with van der Waals surface area (Å²) in [7, 11) is 0.972. The lowest BCUT2D eigenvalue weighted by Gasteiger charge is -2.21. The fraction of sp³-hybridized carbons (Fsp3) is 0.333. The summed E-state index contributed by atoms with van der Waals surface area (Å²) in [4.78, 5) is 41.8. The summed E-state index contributed by atoms with van der Waals surface area (Å²) < 4.78 is 45.1. The first kappa shape index (κ1) is 23.1. The SMILES string of the molecule is COC(=O)C(C(=O)c1ncccc1NC(=O)C(C)(C)C)c1ccccc1C(F)(F)F. The number of anilines is 1. The number of pyridine rings is 1. The maximum Gasteiger partial charge on any atom is 0.416 e. The number of aromatic nitrogens is 1. The first-order chi connectivity index (χ1) is 13.9. The highest BCUT2D eigenvalue weighted by atomic mass is 19.4. The molecule has 0 aliphatic rings. The first-order valence-electron chi connectivity index (χ1n) is 8.92. The van der Waals surface area contributed by atoms with Gasteiger partial charge in [-0.25, -0.2) is 0 Å². The van der Waals surface area contributed by atoms with Crippen LogP contribution in [0.4, 0.5) is 18.9 Å². The van der Waals surface area contributed by atoms with Gasteiger partial charge in [0, 0.05) is 11.6 Å². The van der Waals surface area contributed by atoms with E-state index >= 15 is 0 Å². The van der Waals surface area contributed by atoms with E-state index in [1.807, 2.05) is 0 Å². The van der Waals surface area contributed by atoms with Crippen molar-refractivity contribution in [1.82, 2.24) is 4.98 Å². The number of hydrogen-bond acceptors (Lipinski definition) is 5. The monoisotopic (exact) mass is 422 g/mol. The molecule has 1 amide bonds. The molecule has 1 atom stereocenters. The molecule has 2 rings (SSSR count). The number of rotatable bonds is 5. The van der Waals surface area contributed by atoms with E-state index in [0.717, 1.165) is 25.3 Å². The van der Waals surface area contributed by atoms with Crippen LogP contribution in [0, 0.1) is 5.41 Å². The molecule has 1 heterocycles. The van der Waals surface area contributed by atoms with Crippen molar-refractivity contribution in [1.29, 1.82) is 0 Å². The summed E-state index contributed by atoms with van der Waals surface area (Å²) in [5.74, 6) is -4.54. The van der Waals surface area contributed by atoms with Crippen molar-refractivity contribution < 1.29 is 32.3 Å². The molecular formula is C21H21F3N2O4.